The molecule has 1 saturated carbocycles. The van der Waals surface area contributed by atoms with Gasteiger partial charge in [-0.1, -0.05) is 0 Å². The van der Waals surface area contributed by atoms with Crippen LogP contribution in [0.5, 0.6) is 0 Å². The standard InChI is InChI=1S/C21H30N6O5/c22-17-14-9-11-27(18(14)26-21(23)25-17)10-1-2-12-3-5-13(6-4-12)19(30)24-15(20(31)32)7-8-16(28)29/h9,11-13,15H,1-8,10H2,(H,24,30)(H,28,29)(H,31,32)(H4,22,23,25,26)/t12?,13?,15-/m0/s1. The number of nitrogens with two attached hydrogens (primary N) is 2. The van der Waals surface area contributed by atoms with E-state index in [0.717, 1.165) is 43.3 Å². The molecule has 1 fully saturated rings. The molecule has 1 aliphatic carbocycles. The minimum absolute atomic E-state index is 0.123. The van der Waals surface area contributed by atoms with Gasteiger partial charge in [0.1, 0.15) is 17.5 Å². The van der Waals surface area contributed by atoms with Crippen molar-refractivity contribution in [2.75, 3.05) is 11.5 Å². The highest BCUT2D eigenvalue weighted by Gasteiger charge is 2.29. The largest absolute Gasteiger partial charge is 0.481 e. The van der Waals surface area contributed by atoms with Crippen LogP contribution in [0.25, 0.3) is 11.0 Å². The van der Waals surface area contributed by atoms with Gasteiger partial charge in [0.2, 0.25) is 11.9 Å². The monoisotopic (exact) mass is 446 g/mol. The molecule has 1 atom stereocenters. The van der Waals surface area contributed by atoms with E-state index in [9.17, 15) is 19.5 Å². The highest BCUT2D eigenvalue weighted by molar-refractivity contribution is 5.87. The average Bonchev–Trinajstić information content (AvgIpc) is 3.14. The van der Waals surface area contributed by atoms with Gasteiger partial charge in [0, 0.05) is 25.1 Å². The fraction of sp³-hybridized carbons (Fsp3) is 0.571. The van der Waals surface area contributed by atoms with E-state index in [1.165, 1.54) is 0 Å². The third-order valence-electron chi connectivity index (χ3n) is 6.16. The Morgan fingerprint density at radius 1 is 1.16 bits per heavy atom. The number of hydrogen-bond donors (Lipinski definition) is 5. The summed E-state index contributed by atoms with van der Waals surface area (Å²) in [6, 6.07) is 0.717. The van der Waals surface area contributed by atoms with Crippen LogP contribution >= 0.6 is 0 Å². The van der Waals surface area contributed by atoms with Gasteiger partial charge in [-0.05, 0) is 56.9 Å². The maximum atomic E-state index is 12.5. The van der Waals surface area contributed by atoms with Gasteiger partial charge < -0.3 is 31.6 Å². The normalized spacial score (nSPS) is 19.5. The van der Waals surface area contributed by atoms with Crippen molar-refractivity contribution >= 4 is 40.6 Å². The molecule has 0 aliphatic heterocycles. The van der Waals surface area contributed by atoms with E-state index >= 15 is 0 Å². The predicted molar refractivity (Wildman–Crippen MR) is 117 cm³/mol. The molecule has 0 radical (unpaired) electrons. The number of rotatable bonds is 10. The molecular formula is C21H30N6O5. The Kier molecular flexibility index (Phi) is 7.49. The van der Waals surface area contributed by atoms with Crippen molar-refractivity contribution in [1.29, 1.82) is 0 Å². The number of nitrogen functional groups attached to an aromatic ring is 2. The van der Waals surface area contributed by atoms with Crippen LogP contribution in [-0.4, -0.2) is 48.6 Å². The Balaban J connectivity index is 1.43. The van der Waals surface area contributed by atoms with E-state index in [4.69, 9.17) is 16.6 Å². The maximum absolute atomic E-state index is 12.5. The Morgan fingerprint density at radius 3 is 2.53 bits per heavy atom. The van der Waals surface area contributed by atoms with Crippen molar-refractivity contribution in [3.8, 4) is 0 Å². The minimum atomic E-state index is -1.21. The van der Waals surface area contributed by atoms with Gasteiger partial charge in [0.25, 0.3) is 0 Å². The predicted octanol–water partition coefficient (Wildman–Crippen LogP) is 1.62. The number of aliphatic carboxylic acids is 2. The molecule has 0 saturated heterocycles. The van der Waals surface area contributed by atoms with Gasteiger partial charge in [-0.2, -0.15) is 9.97 Å². The molecule has 2 heterocycles. The molecule has 11 nitrogen and oxygen atoms in total. The van der Waals surface area contributed by atoms with E-state index < -0.39 is 18.0 Å². The van der Waals surface area contributed by atoms with Crippen molar-refractivity contribution in [3.63, 3.8) is 0 Å². The summed E-state index contributed by atoms with van der Waals surface area (Å²) in [7, 11) is 0. The zero-order valence-electron chi connectivity index (χ0n) is 17.9. The fourth-order valence-electron chi connectivity index (χ4n) is 4.36. The summed E-state index contributed by atoms with van der Waals surface area (Å²) in [5, 5.41) is 21.2. The second-order valence-electron chi connectivity index (χ2n) is 8.41. The zero-order valence-corrected chi connectivity index (χ0v) is 17.9. The number of anilines is 2. The molecule has 0 spiro atoms. The Morgan fingerprint density at radius 2 is 1.88 bits per heavy atom. The third-order valence-corrected chi connectivity index (χ3v) is 6.16. The average molecular weight is 447 g/mol. The molecule has 0 unspecified atom stereocenters. The van der Waals surface area contributed by atoms with E-state index in [0.29, 0.717) is 24.6 Å². The van der Waals surface area contributed by atoms with Crippen molar-refractivity contribution in [2.45, 2.75) is 64.0 Å². The molecule has 7 N–H and O–H groups in total. The first-order valence-corrected chi connectivity index (χ1v) is 10.9. The second-order valence-corrected chi connectivity index (χ2v) is 8.41. The van der Waals surface area contributed by atoms with Crippen LogP contribution < -0.4 is 16.8 Å². The van der Waals surface area contributed by atoms with Crippen LogP contribution in [0.15, 0.2) is 12.3 Å². The van der Waals surface area contributed by atoms with Crippen molar-refractivity contribution in [1.82, 2.24) is 19.9 Å². The number of carboxylic acid groups (broad SMARTS) is 2. The molecule has 2 aromatic rings. The molecule has 11 heteroatoms. The van der Waals surface area contributed by atoms with Crippen LogP contribution in [0, 0.1) is 11.8 Å². The molecule has 0 bridgehead atoms. The quantitative estimate of drug-likeness (QED) is 0.361. The van der Waals surface area contributed by atoms with Crippen LogP contribution in [0.1, 0.15) is 51.4 Å². The summed E-state index contributed by atoms with van der Waals surface area (Å²) < 4.78 is 2.02. The van der Waals surface area contributed by atoms with Gasteiger partial charge in [0.15, 0.2) is 0 Å². The third kappa shape index (κ3) is 5.86. The fourth-order valence-corrected chi connectivity index (χ4v) is 4.36. The SMILES string of the molecule is Nc1nc(N)c2ccn(CCCC3CCC(C(=O)N[C@@H](CCC(=O)O)C(=O)O)CC3)c2n1. The van der Waals surface area contributed by atoms with Crippen LogP contribution in [-0.2, 0) is 20.9 Å². The van der Waals surface area contributed by atoms with Gasteiger partial charge in [-0.15, -0.1) is 0 Å². The number of amides is 1. The Bertz CT molecular complexity index is 982. The number of carbonyl (C=O) groups is 3. The topological polar surface area (TPSA) is 186 Å². The highest BCUT2D eigenvalue weighted by atomic mass is 16.4. The Hall–Kier alpha value is -3.37. The summed E-state index contributed by atoms with van der Waals surface area (Å²) in [6.45, 7) is 0.781. The number of fused-ring (bicyclic) bond motifs is 1. The van der Waals surface area contributed by atoms with Gasteiger partial charge >= 0.3 is 11.9 Å². The lowest BCUT2D eigenvalue weighted by molar-refractivity contribution is -0.144. The number of carboxylic acids is 2. The molecule has 1 aliphatic rings. The lowest BCUT2D eigenvalue weighted by atomic mass is 9.79. The molecule has 1 amide bonds. The summed E-state index contributed by atoms with van der Waals surface area (Å²) in [4.78, 5) is 42.7. The van der Waals surface area contributed by atoms with E-state index in [1.807, 2.05) is 16.8 Å². The first-order chi connectivity index (χ1) is 15.2. The smallest absolute Gasteiger partial charge is 0.326 e. The highest BCUT2D eigenvalue weighted by Crippen LogP contribution is 2.32. The van der Waals surface area contributed by atoms with Crippen LogP contribution in [0.2, 0.25) is 0 Å². The van der Waals surface area contributed by atoms with Gasteiger partial charge in [-0.25, -0.2) is 4.79 Å². The number of nitrogens with one attached hydrogen (secondary N) is 1. The number of nitrogens with zero attached hydrogens (tertiary/aromatic N) is 3. The van der Waals surface area contributed by atoms with E-state index in [-0.39, 0.29) is 30.6 Å². The maximum Gasteiger partial charge on any atom is 0.326 e. The van der Waals surface area contributed by atoms with Crippen LogP contribution in [0.3, 0.4) is 0 Å². The van der Waals surface area contributed by atoms with E-state index in [1.54, 1.807) is 0 Å². The molecule has 32 heavy (non-hydrogen) atoms. The summed E-state index contributed by atoms with van der Waals surface area (Å²) >= 11 is 0. The Labute approximate surface area is 185 Å². The molecule has 2 aromatic heterocycles. The second kappa shape index (κ2) is 10.3. The summed E-state index contributed by atoms with van der Waals surface area (Å²) in [6.07, 6.45) is 6.68. The van der Waals surface area contributed by atoms with Crippen molar-refractivity contribution in [3.05, 3.63) is 12.3 Å². The minimum Gasteiger partial charge on any atom is -0.481 e. The number of aryl methyl sites for hydroxylation is 1. The summed E-state index contributed by atoms with van der Waals surface area (Å²) in [5.41, 5.74) is 12.3. The lowest BCUT2D eigenvalue weighted by Gasteiger charge is -2.28. The zero-order chi connectivity index (χ0) is 23.3. The molecule has 174 valence electrons. The first kappa shape index (κ1) is 23.3. The number of aromatic nitrogens is 3. The first-order valence-electron chi connectivity index (χ1n) is 10.9. The van der Waals surface area contributed by atoms with Gasteiger partial charge in [0.05, 0.1) is 5.39 Å². The van der Waals surface area contributed by atoms with Crippen molar-refractivity contribution in [2.24, 2.45) is 11.8 Å². The molecule has 0 aromatic carbocycles. The summed E-state index contributed by atoms with van der Waals surface area (Å²) in [5.74, 6) is -1.79. The molecular weight excluding hydrogens is 416 g/mol. The van der Waals surface area contributed by atoms with Gasteiger partial charge in [-0.3, -0.25) is 9.59 Å². The number of carbonyl (C=O) groups excluding carboxylic acids is 1. The lowest BCUT2D eigenvalue weighted by Crippen LogP contribution is -2.44. The molecule has 3 rings (SSSR count). The van der Waals surface area contributed by atoms with E-state index in [2.05, 4.69) is 15.3 Å². The van der Waals surface area contributed by atoms with Crippen LogP contribution in [0.4, 0.5) is 11.8 Å². The van der Waals surface area contributed by atoms with Crippen molar-refractivity contribution < 1.29 is 24.6 Å². The number of hydrogen-bond acceptors (Lipinski definition) is 7.